The van der Waals surface area contributed by atoms with Gasteiger partial charge in [-0.3, -0.25) is 9.32 Å². The first-order valence-electron chi connectivity index (χ1n) is 15.9. The lowest BCUT2D eigenvalue weighted by Gasteiger charge is -2.29. The fourth-order valence-electron chi connectivity index (χ4n) is 5.44. The van der Waals surface area contributed by atoms with Crippen molar-refractivity contribution in [3.8, 4) is 5.75 Å². The standard InChI is InChI=1S/C35H44N5O6P/c1-8-43-21-30-38-31-32(26-17-11-12-18-27(26)37-33(31)36)40(30)28(22(2)3)20-44-47(42,39-23(4)34(41)45-35(5,6)7)46-29-19-13-15-24-14-9-10-16-25(24)29/h9-19,22-23,28H,8,20-21H2,1-7H3,(H2,36,37)(H,39,42)/t23-,28-,47-/m0/s1. The molecule has 0 amide bonds. The minimum atomic E-state index is -4.22. The molecule has 3 atom stereocenters. The Balaban J connectivity index is 1.57. The number of anilines is 1. The van der Waals surface area contributed by atoms with Gasteiger partial charge < -0.3 is 24.3 Å². The normalized spacial score (nSPS) is 14.8. The number of aromatic nitrogens is 3. The zero-order valence-corrected chi connectivity index (χ0v) is 28.9. The predicted molar refractivity (Wildman–Crippen MR) is 185 cm³/mol. The molecule has 0 saturated carbocycles. The van der Waals surface area contributed by atoms with Crippen LogP contribution in [0.15, 0.2) is 66.7 Å². The molecule has 0 unspecified atom stereocenters. The monoisotopic (exact) mass is 661 g/mol. The van der Waals surface area contributed by atoms with Crippen molar-refractivity contribution in [2.24, 2.45) is 5.92 Å². The van der Waals surface area contributed by atoms with Crippen molar-refractivity contribution in [1.29, 1.82) is 0 Å². The van der Waals surface area contributed by atoms with E-state index < -0.39 is 31.4 Å². The average molecular weight is 662 g/mol. The van der Waals surface area contributed by atoms with E-state index in [0.29, 0.717) is 29.5 Å². The van der Waals surface area contributed by atoms with Gasteiger partial charge in [0, 0.05) is 17.4 Å². The highest BCUT2D eigenvalue weighted by molar-refractivity contribution is 7.52. The number of rotatable bonds is 13. The highest BCUT2D eigenvalue weighted by atomic mass is 31.2. The van der Waals surface area contributed by atoms with Crippen LogP contribution < -0.4 is 15.3 Å². The Morgan fingerprint density at radius 2 is 1.66 bits per heavy atom. The Labute approximate surface area is 275 Å². The Morgan fingerprint density at radius 1 is 0.979 bits per heavy atom. The predicted octanol–water partition coefficient (Wildman–Crippen LogP) is 7.58. The third-order valence-corrected chi connectivity index (χ3v) is 9.29. The number of carbonyl (C=O) groups is 1. The van der Waals surface area contributed by atoms with Gasteiger partial charge in [-0.2, -0.15) is 5.09 Å². The number of nitrogens with zero attached hydrogens (tertiary/aromatic N) is 3. The number of hydrogen-bond acceptors (Lipinski definition) is 9. The maximum atomic E-state index is 14.7. The summed E-state index contributed by atoms with van der Waals surface area (Å²) in [5, 5.41) is 5.37. The van der Waals surface area contributed by atoms with Crippen molar-refractivity contribution in [2.45, 2.75) is 72.8 Å². The van der Waals surface area contributed by atoms with E-state index in [2.05, 4.69) is 14.6 Å². The first-order chi connectivity index (χ1) is 22.3. The number of imidazole rings is 1. The minimum absolute atomic E-state index is 0.0322. The molecule has 0 aliphatic rings. The number of carbonyl (C=O) groups excluding carboxylic acids is 1. The first-order valence-corrected chi connectivity index (χ1v) is 17.4. The molecular weight excluding hydrogens is 617 g/mol. The molecule has 2 aromatic heterocycles. The van der Waals surface area contributed by atoms with Crippen LogP contribution in [0.2, 0.25) is 0 Å². The van der Waals surface area contributed by atoms with Crippen molar-refractivity contribution >= 4 is 52.2 Å². The lowest BCUT2D eigenvalue weighted by Crippen LogP contribution is -2.39. The Bertz CT molecular complexity index is 1930. The molecule has 12 heteroatoms. The second-order valence-corrected chi connectivity index (χ2v) is 14.5. The van der Waals surface area contributed by atoms with Gasteiger partial charge in [-0.05, 0) is 58.1 Å². The Hall–Kier alpha value is -4.02. The van der Waals surface area contributed by atoms with Gasteiger partial charge in [0.1, 0.15) is 35.3 Å². The molecule has 0 bridgehead atoms. The number of hydrogen-bond donors (Lipinski definition) is 2. The maximum Gasteiger partial charge on any atom is 0.459 e. The molecule has 3 aromatic carbocycles. The van der Waals surface area contributed by atoms with E-state index in [1.54, 1.807) is 33.8 Å². The summed E-state index contributed by atoms with van der Waals surface area (Å²) in [6.45, 7) is 13.5. The van der Waals surface area contributed by atoms with E-state index in [0.717, 1.165) is 27.2 Å². The number of nitrogen functional groups attached to an aromatic ring is 1. The lowest BCUT2D eigenvalue weighted by atomic mass is 10.0. The Kier molecular flexibility index (Phi) is 10.2. The minimum Gasteiger partial charge on any atom is -0.459 e. The summed E-state index contributed by atoms with van der Waals surface area (Å²) in [5.74, 6) is 0.671. The van der Waals surface area contributed by atoms with Crippen LogP contribution in [0.4, 0.5) is 5.82 Å². The number of esters is 1. The molecule has 250 valence electrons. The third kappa shape index (κ3) is 7.76. The molecule has 0 fully saturated rings. The number of nitrogens with two attached hydrogens (primary N) is 1. The van der Waals surface area contributed by atoms with Crippen molar-refractivity contribution < 1.29 is 27.9 Å². The van der Waals surface area contributed by atoms with Crippen LogP contribution in [0.25, 0.3) is 32.7 Å². The van der Waals surface area contributed by atoms with E-state index in [9.17, 15) is 9.36 Å². The molecule has 11 nitrogen and oxygen atoms in total. The molecular formula is C35H44N5O6P. The highest BCUT2D eigenvalue weighted by Crippen LogP contribution is 2.48. The lowest BCUT2D eigenvalue weighted by molar-refractivity contribution is -0.156. The van der Waals surface area contributed by atoms with Crippen LogP contribution >= 0.6 is 7.75 Å². The highest BCUT2D eigenvalue weighted by Gasteiger charge is 2.36. The molecule has 5 rings (SSSR count). The summed E-state index contributed by atoms with van der Waals surface area (Å²) < 4.78 is 40.7. The van der Waals surface area contributed by atoms with Crippen molar-refractivity contribution in [3.05, 3.63) is 72.6 Å². The third-order valence-electron chi connectivity index (χ3n) is 7.66. The van der Waals surface area contributed by atoms with Crippen molar-refractivity contribution in [1.82, 2.24) is 19.6 Å². The smallest absolute Gasteiger partial charge is 0.459 e. The number of fused-ring (bicyclic) bond motifs is 4. The van der Waals surface area contributed by atoms with Crippen LogP contribution in [-0.2, 0) is 30.0 Å². The zero-order valence-electron chi connectivity index (χ0n) is 28.0. The summed E-state index contributed by atoms with van der Waals surface area (Å²) in [5.41, 5.74) is 7.75. The number of nitrogens with one attached hydrogen (secondary N) is 1. The summed E-state index contributed by atoms with van der Waals surface area (Å²) in [7, 11) is -4.22. The molecule has 0 spiro atoms. The largest absolute Gasteiger partial charge is 0.459 e. The van der Waals surface area contributed by atoms with Gasteiger partial charge >= 0.3 is 13.7 Å². The quantitative estimate of drug-likeness (QED) is 0.0959. The first kappa shape index (κ1) is 34.3. The molecule has 0 saturated heterocycles. The average Bonchev–Trinajstić information content (AvgIpc) is 3.39. The number of para-hydroxylation sites is 1. The van der Waals surface area contributed by atoms with Gasteiger partial charge in [-0.15, -0.1) is 0 Å². The van der Waals surface area contributed by atoms with E-state index in [-0.39, 0.29) is 19.1 Å². The fraction of sp³-hybridized carbons (Fsp3) is 0.400. The van der Waals surface area contributed by atoms with Crippen LogP contribution in [-0.4, -0.2) is 45.4 Å². The van der Waals surface area contributed by atoms with Gasteiger partial charge in [0.2, 0.25) is 0 Å². The molecule has 47 heavy (non-hydrogen) atoms. The van der Waals surface area contributed by atoms with E-state index in [4.69, 9.17) is 29.2 Å². The van der Waals surface area contributed by atoms with Crippen LogP contribution in [0.1, 0.15) is 60.3 Å². The molecule has 5 aromatic rings. The number of benzene rings is 3. The van der Waals surface area contributed by atoms with Gasteiger partial charge in [-0.1, -0.05) is 68.4 Å². The summed E-state index contributed by atoms with van der Waals surface area (Å²) in [6, 6.07) is 19.4. The summed E-state index contributed by atoms with van der Waals surface area (Å²) >= 11 is 0. The Morgan fingerprint density at radius 3 is 2.36 bits per heavy atom. The second-order valence-electron chi connectivity index (χ2n) is 12.8. The SMILES string of the molecule is CCOCc1nc2c(N)nc3ccccc3c2n1[C@@H](CO[P@@](=O)(N[C@@H](C)C(=O)OC(C)(C)C)Oc1cccc2ccccc12)C(C)C. The molecule has 0 aliphatic heterocycles. The summed E-state index contributed by atoms with van der Waals surface area (Å²) in [4.78, 5) is 22.5. The van der Waals surface area contributed by atoms with Gasteiger partial charge in [0.05, 0.1) is 23.7 Å². The van der Waals surface area contributed by atoms with Crippen LogP contribution in [0.5, 0.6) is 5.75 Å². The van der Waals surface area contributed by atoms with Crippen molar-refractivity contribution in [2.75, 3.05) is 18.9 Å². The molecule has 0 radical (unpaired) electrons. The van der Waals surface area contributed by atoms with E-state index >= 15 is 0 Å². The van der Waals surface area contributed by atoms with Gasteiger partial charge in [0.15, 0.2) is 5.82 Å². The summed E-state index contributed by atoms with van der Waals surface area (Å²) in [6.07, 6.45) is 0. The zero-order chi connectivity index (χ0) is 33.9. The van der Waals surface area contributed by atoms with Gasteiger partial charge in [-0.25, -0.2) is 14.5 Å². The van der Waals surface area contributed by atoms with Crippen LogP contribution in [0, 0.1) is 5.92 Å². The number of pyridine rings is 1. The van der Waals surface area contributed by atoms with E-state index in [1.807, 2.05) is 81.4 Å². The molecule has 2 heterocycles. The fourth-order valence-corrected chi connectivity index (χ4v) is 6.96. The number of ether oxygens (including phenoxy) is 2. The van der Waals surface area contributed by atoms with E-state index in [1.165, 1.54) is 0 Å². The van der Waals surface area contributed by atoms with Crippen LogP contribution in [0.3, 0.4) is 0 Å². The topological polar surface area (TPSA) is 140 Å². The molecule has 3 N–H and O–H groups in total. The maximum absolute atomic E-state index is 14.7. The van der Waals surface area contributed by atoms with Gasteiger partial charge in [0.25, 0.3) is 0 Å². The molecule has 0 aliphatic carbocycles. The second kappa shape index (κ2) is 14.0. The van der Waals surface area contributed by atoms with Crippen molar-refractivity contribution in [3.63, 3.8) is 0 Å².